The van der Waals surface area contributed by atoms with Crippen LogP contribution in [0.1, 0.15) is 33.5 Å². The van der Waals surface area contributed by atoms with Gasteiger partial charge in [-0.25, -0.2) is 0 Å². The quantitative estimate of drug-likeness (QED) is 0.827. The summed E-state index contributed by atoms with van der Waals surface area (Å²) in [6.45, 7) is 2.49. The van der Waals surface area contributed by atoms with Gasteiger partial charge in [0.25, 0.3) is 5.91 Å². The molecule has 2 aromatic carbocycles. The molecule has 0 saturated carbocycles. The van der Waals surface area contributed by atoms with E-state index in [1.165, 1.54) is 16.7 Å². The summed E-state index contributed by atoms with van der Waals surface area (Å²) < 4.78 is 0. The van der Waals surface area contributed by atoms with E-state index < -0.39 is 0 Å². The normalized spacial score (nSPS) is 13.0. The van der Waals surface area contributed by atoms with Crippen LogP contribution in [0.25, 0.3) is 0 Å². The zero-order valence-electron chi connectivity index (χ0n) is 12.1. The number of carbonyl (C=O) groups is 1. The van der Waals surface area contributed by atoms with Gasteiger partial charge in [-0.05, 0) is 41.7 Å². The van der Waals surface area contributed by atoms with Crippen molar-refractivity contribution in [1.29, 1.82) is 0 Å². The average Bonchev–Trinajstić information content (AvgIpc) is 3.00. The molecule has 1 aliphatic rings. The Kier molecular flexibility index (Phi) is 4.31. The number of aryl methyl sites for hydroxylation is 1. The van der Waals surface area contributed by atoms with Gasteiger partial charge in [0.1, 0.15) is 0 Å². The van der Waals surface area contributed by atoms with Crippen molar-refractivity contribution in [1.82, 2.24) is 10.6 Å². The molecule has 0 bridgehead atoms. The van der Waals surface area contributed by atoms with Gasteiger partial charge in [-0.15, -0.1) is 0 Å². The number of fused-ring (bicyclic) bond motifs is 1. The van der Waals surface area contributed by atoms with E-state index >= 15 is 0 Å². The number of hydrogen-bond acceptors (Lipinski definition) is 2. The fourth-order valence-corrected chi connectivity index (χ4v) is 2.68. The third-order valence-corrected chi connectivity index (χ3v) is 3.87. The van der Waals surface area contributed by atoms with Gasteiger partial charge in [-0.3, -0.25) is 4.79 Å². The number of hydrogen-bond donors (Lipinski definition) is 2. The fraction of sp³-hybridized carbons (Fsp3) is 0.278. The fourth-order valence-electron chi connectivity index (χ4n) is 2.68. The van der Waals surface area contributed by atoms with Gasteiger partial charge in [-0.2, -0.15) is 0 Å². The summed E-state index contributed by atoms with van der Waals surface area (Å²) in [6.07, 6.45) is 1.96. The maximum absolute atomic E-state index is 12.1. The Balaban J connectivity index is 1.48. The third kappa shape index (κ3) is 3.50. The van der Waals surface area contributed by atoms with Crippen molar-refractivity contribution in [2.75, 3.05) is 6.54 Å². The second-order valence-corrected chi connectivity index (χ2v) is 5.43. The predicted octanol–water partition coefficient (Wildman–Crippen LogP) is 2.65. The number of amides is 1. The first-order valence-electron chi connectivity index (χ1n) is 7.47. The average molecular weight is 280 g/mol. The Morgan fingerprint density at radius 3 is 2.71 bits per heavy atom. The van der Waals surface area contributed by atoms with Crippen molar-refractivity contribution < 1.29 is 4.79 Å². The number of nitrogens with one attached hydrogen (secondary N) is 2. The van der Waals surface area contributed by atoms with E-state index in [0.717, 1.165) is 31.5 Å². The number of rotatable bonds is 5. The lowest BCUT2D eigenvalue weighted by Crippen LogP contribution is -2.24. The molecule has 0 aromatic heterocycles. The van der Waals surface area contributed by atoms with Crippen molar-refractivity contribution >= 4 is 5.91 Å². The molecule has 21 heavy (non-hydrogen) atoms. The molecule has 3 rings (SSSR count). The monoisotopic (exact) mass is 280 g/mol. The molecule has 3 heteroatoms. The molecular formula is C18H20N2O. The lowest BCUT2D eigenvalue weighted by atomic mass is 10.1. The predicted molar refractivity (Wildman–Crippen MR) is 84.1 cm³/mol. The Bertz CT molecular complexity index is 622. The first-order chi connectivity index (χ1) is 10.3. The van der Waals surface area contributed by atoms with Crippen LogP contribution >= 0.6 is 0 Å². The van der Waals surface area contributed by atoms with E-state index in [9.17, 15) is 4.79 Å². The van der Waals surface area contributed by atoms with Crippen LogP contribution in [0, 0.1) is 0 Å². The van der Waals surface area contributed by atoms with Crippen LogP contribution < -0.4 is 10.6 Å². The van der Waals surface area contributed by atoms with Crippen molar-refractivity contribution in [3.05, 3.63) is 70.8 Å². The summed E-state index contributed by atoms with van der Waals surface area (Å²) in [5.41, 5.74) is 4.62. The molecule has 1 amide bonds. The molecule has 108 valence electrons. The molecule has 2 aromatic rings. The molecular weight excluding hydrogens is 260 g/mol. The van der Waals surface area contributed by atoms with E-state index in [4.69, 9.17) is 0 Å². The van der Waals surface area contributed by atoms with E-state index in [2.05, 4.69) is 22.8 Å². The summed E-state index contributed by atoms with van der Waals surface area (Å²) in [6, 6.07) is 16.3. The SMILES string of the molecule is O=C(NCCCc1ccccc1)c1ccc2c(c1)CNC2. The number of benzene rings is 2. The van der Waals surface area contributed by atoms with E-state index in [1.54, 1.807) is 0 Å². The minimum atomic E-state index is 0.0257. The molecule has 0 unspecified atom stereocenters. The molecule has 0 aliphatic carbocycles. The lowest BCUT2D eigenvalue weighted by molar-refractivity contribution is 0.0953. The molecule has 1 heterocycles. The first kappa shape index (κ1) is 13.8. The van der Waals surface area contributed by atoms with Crippen LogP contribution in [-0.2, 0) is 19.5 Å². The molecule has 2 N–H and O–H groups in total. The van der Waals surface area contributed by atoms with Crippen molar-refractivity contribution in [2.24, 2.45) is 0 Å². The van der Waals surface area contributed by atoms with Gasteiger partial charge in [0.15, 0.2) is 0 Å². The Morgan fingerprint density at radius 1 is 1.05 bits per heavy atom. The summed E-state index contributed by atoms with van der Waals surface area (Å²) >= 11 is 0. The highest BCUT2D eigenvalue weighted by Crippen LogP contribution is 2.16. The van der Waals surface area contributed by atoms with Gasteiger partial charge in [0, 0.05) is 25.2 Å². The maximum atomic E-state index is 12.1. The first-order valence-corrected chi connectivity index (χ1v) is 7.47. The van der Waals surface area contributed by atoms with Gasteiger partial charge in [0.2, 0.25) is 0 Å². The van der Waals surface area contributed by atoms with Gasteiger partial charge in [-0.1, -0.05) is 36.4 Å². The second-order valence-electron chi connectivity index (χ2n) is 5.43. The highest BCUT2D eigenvalue weighted by atomic mass is 16.1. The Hall–Kier alpha value is -2.13. The number of carbonyl (C=O) groups excluding carboxylic acids is 1. The second kappa shape index (κ2) is 6.55. The largest absolute Gasteiger partial charge is 0.352 e. The highest BCUT2D eigenvalue weighted by Gasteiger charge is 2.12. The molecule has 0 spiro atoms. The summed E-state index contributed by atoms with van der Waals surface area (Å²) in [7, 11) is 0. The van der Waals surface area contributed by atoms with Gasteiger partial charge >= 0.3 is 0 Å². The van der Waals surface area contributed by atoms with Crippen LogP contribution in [0.4, 0.5) is 0 Å². The molecule has 0 atom stereocenters. The third-order valence-electron chi connectivity index (χ3n) is 3.87. The molecule has 3 nitrogen and oxygen atoms in total. The van der Waals surface area contributed by atoms with E-state index in [-0.39, 0.29) is 5.91 Å². The van der Waals surface area contributed by atoms with Gasteiger partial charge in [0.05, 0.1) is 0 Å². The lowest BCUT2D eigenvalue weighted by Gasteiger charge is -2.07. The van der Waals surface area contributed by atoms with Crippen LogP contribution in [-0.4, -0.2) is 12.5 Å². The minimum Gasteiger partial charge on any atom is -0.352 e. The minimum absolute atomic E-state index is 0.0257. The van der Waals surface area contributed by atoms with Crippen molar-refractivity contribution in [3.63, 3.8) is 0 Å². The summed E-state index contributed by atoms with van der Waals surface area (Å²) in [5, 5.41) is 6.29. The molecule has 1 aliphatic heterocycles. The molecule has 0 saturated heterocycles. The van der Waals surface area contributed by atoms with Crippen LogP contribution in [0.15, 0.2) is 48.5 Å². The Labute approximate surface area is 125 Å². The van der Waals surface area contributed by atoms with Gasteiger partial charge < -0.3 is 10.6 Å². The van der Waals surface area contributed by atoms with Crippen molar-refractivity contribution in [3.8, 4) is 0 Å². The van der Waals surface area contributed by atoms with E-state index in [1.807, 2.05) is 36.4 Å². The van der Waals surface area contributed by atoms with Crippen molar-refractivity contribution in [2.45, 2.75) is 25.9 Å². The highest BCUT2D eigenvalue weighted by molar-refractivity contribution is 5.94. The summed E-state index contributed by atoms with van der Waals surface area (Å²) in [5.74, 6) is 0.0257. The van der Waals surface area contributed by atoms with Crippen LogP contribution in [0.2, 0.25) is 0 Å². The Morgan fingerprint density at radius 2 is 1.86 bits per heavy atom. The van der Waals surface area contributed by atoms with Crippen LogP contribution in [0.3, 0.4) is 0 Å². The van der Waals surface area contributed by atoms with Crippen LogP contribution in [0.5, 0.6) is 0 Å². The standard InChI is InChI=1S/C18H20N2O/c21-18(15-8-9-16-12-19-13-17(16)11-15)20-10-4-7-14-5-2-1-3-6-14/h1-3,5-6,8-9,11,19H,4,7,10,12-13H2,(H,20,21). The maximum Gasteiger partial charge on any atom is 0.251 e. The summed E-state index contributed by atoms with van der Waals surface area (Å²) in [4.78, 5) is 12.1. The van der Waals surface area contributed by atoms with E-state index in [0.29, 0.717) is 6.54 Å². The molecule has 0 radical (unpaired) electrons. The smallest absolute Gasteiger partial charge is 0.251 e. The molecule has 0 fully saturated rings. The topological polar surface area (TPSA) is 41.1 Å². The zero-order chi connectivity index (χ0) is 14.5. The zero-order valence-corrected chi connectivity index (χ0v) is 12.1.